The molecular weight excluding hydrogens is 310 g/mol. The second kappa shape index (κ2) is 6.14. The van der Waals surface area contributed by atoms with Crippen molar-refractivity contribution in [3.63, 3.8) is 0 Å². The summed E-state index contributed by atoms with van der Waals surface area (Å²) >= 11 is 5.89. The molecule has 21 heavy (non-hydrogen) atoms. The largest absolute Gasteiger partial charge is 0.399 e. The highest BCUT2D eigenvalue weighted by molar-refractivity contribution is 7.89. The molecular formula is C14H12ClN3O2S. The van der Waals surface area contributed by atoms with Crippen LogP contribution in [0.4, 0.5) is 5.69 Å². The van der Waals surface area contributed by atoms with Crippen molar-refractivity contribution in [2.75, 3.05) is 5.73 Å². The Morgan fingerprint density at radius 2 is 1.86 bits per heavy atom. The zero-order valence-corrected chi connectivity index (χ0v) is 12.4. The van der Waals surface area contributed by atoms with Crippen LogP contribution in [0.3, 0.4) is 0 Å². The zero-order valence-electron chi connectivity index (χ0n) is 10.9. The molecule has 7 heteroatoms. The smallest absolute Gasteiger partial charge is 0.242 e. The second-order valence-corrected chi connectivity index (χ2v) is 6.47. The molecule has 0 fully saturated rings. The summed E-state index contributed by atoms with van der Waals surface area (Å²) in [5.41, 5.74) is 7.15. The molecule has 0 bridgehead atoms. The molecule has 0 aromatic heterocycles. The van der Waals surface area contributed by atoms with Crippen molar-refractivity contribution in [2.24, 2.45) is 0 Å². The summed E-state index contributed by atoms with van der Waals surface area (Å²) in [5, 5.41) is 8.81. The number of halogens is 1. The van der Waals surface area contributed by atoms with Gasteiger partial charge in [-0.3, -0.25) is 0 Å². The van der Waals surface area contributed by atoms with E-state index in [1.807, 2.05) is 6.07 Å². The first-order valence-electron chi connectivity index (χ1n) is 5.96. The number of benzene rings is 2. The van der Waals surface area contributed by atoms with Crippen molar-refractivity contribution >= 4 is 27.3 Å². The minimum Gasteiger partial charge on any atom is -0.399 e. The maximum atomic E-state index is 12.2. The molecule has 0 atom stereocenters. The predicted octanol–water partition coefficient (Wildman–Crippen LogP) is 2.27. The van der Waals surface area contributed by atoms with Gasteiger partial charge in [0.05, 0.1) is 16.7 Å². The number of hydrogen-bond donors (Lipinski definition) is 2. The molecule has 0 saturated heterocycles. The molecule has 0 spiro atoms. The first-order chi connectivity index (χ1) is 9.92. The van der Waals surface area contributed by atoms with Crippen molar-refractivity contribution in [2.45, 2.75) is 11.4 Å². The molecule has 3 N–H and O–H groups in total. The molecule has 5 nitrogen and oxygen atoms in total. The highest BCUT2D eigenvalue weighted by Crippen LogP contribution is 2.23. The Morgan fingerprint density at radius 3 is 2.48 bits per heavy atom. The van der Waals surface area contributed by atoms with E-state index in [0.29, 0.717) is 11.3 Å². The Kier molecular flexibility index (Phi) is 4.48. The normalized spacial score (nSPS) is 11.0. The van der Waals surface area contributed by atoms with Crippen LogP contribution in [0, 0.1) is 11.3 Å². The Labute approximate surface area is 128 Å². The highest BCUT2D eigenvalue weighted by Gasteiger charge is 2.17. The zero-order chi connectivity index (χ0) is 15.5. The van der Waals surface area contributed by atoms with E-state index in [9.17, 15) is 8.42 Å². The van der Waals surface area contributed by atoms with E-state index in [4.69, 9.17) is 22.6 Å². The molecule has 0 heterocycles. The van der Waals surface area contributed by atoms with Gasteiger partial charge in [-0.25, -0.2) is 13.1 Å². The minimum atomic E-state index is -3.75. The molecule has 0 radical (unpaired) electrons. The fourth-order valence-corrected chi connectivity index (χ4v) is 3.23. The lowest BCUT2D eigenvalue weighted by atomic mass is 10.1. The van der Waals surface area contributed by atoms with Crippen molar-refractivity contribution in [1.29, 1.82) is 5.26 Å². The summed E-state index contributed by atoms with van der Waals surface area (Å²) < 4.78 is 26.8. The van der Waals surface area contributed by atoms with E-state index in [0.717, 1.165) is 5.56 Å². The van der Waals surface area contributed by atoms with Crippen LogP contribution in [0.1, 0.15) is 11.1 Å². The van der Waals surface area contributed by atoms with Crippen LogP contribution in [0.25, 0.3) is 0 Å². The minimum absolute atomic E-state index is 0.0576. The summed E-state index contributed by atoms with van der Waals surface area (Å²) in [6.07, 6.45) is 0. The third kappa shape index (κ3) is 3.73. The second-order valence-electron chi connectivity index (χ2n) is 4.32. The Balaban J connectivity index is 2.17. The van der Waals surface area contributed by atoms with Gasteiger partial charge < -0.3 is 5.73 Å². The van der Waals surface area contributed by atoms with E-state index >= 15 is 0 Å². The molecule has 0 saturated carbocycles. The molecule has 2 aromatic rings. The van der Waals surface area contributed by atoms with Gasteiger partial charge in [0.2, 0.25) is 10.0 Å². The average Bonchev–Trinajstić information content (AvgIpc) is 2.48. The number of nitriles is 1. The van der Waals surface area contributed by atoms with Gasteiger partial charge in [0.1, 0.15) is 4.90 Å². The Morgan fingerprint density at radius 1 is 1.19 bits per heavy atom. The summed E-state index contributed by atoms with van der Waals surface area (Å²) in [4.78, 5) is -0.0576. The van der Waals surface area contributed by atoms with Crippen LogP contribution in [0.15, 0.2) is 47.4 Å². The van der Waals surface area contributed by atoms with Crippen molar-refractivity contribution < 1.29 is 8.42 Å². The third-order valence-corrected chi connectivity index (χ3v) is 4.68. The standard InChI is InChI=1S/C14H12ClN3O2S/c15-13-6-5-12(17)7-14(13)21(19,20)18-9-11-3-1-10(8-16)2-4-11/h1-7,18H,9,17H2. The van der Waals surface area contributed by atoms with E-state index in [1.54, 1.807) is 24.3 Å². The highest BCUT2D eigenvalue weighted by atomic mass is 35.5. The van der Waals surface area contributed by atoms with Crippen LogP contribution >= 0.6 is 11.6 Å². The van der Waals surface area contributed by atoms with Crippen molar-refractivity contribution in [3.05, 3.63) is 58.6 Å². The lowest BCUT2D eigenvalue weighted by Crippen LogP contribution is -2.23. The number of nitrogens with two attached hydrogens (primary N) is 1. The number of sulfonamides is 1. The number of rotatable bonds is 4. The fourth-order valence-electron chi connectivity index (χ4n) is 1.68. The van der Waals surface area contributed by atoms with Crippen LogP contribution in [-0.2, 0) is 16.6 Å². The van der Waals surface area contributed by atoms with Gasteiger partial charge in [0.25, 0.3) is 0 Å². The van der Waals surface area contributed by atoms with Gasteiger partial charge in [-0.1, -0.05) is 23.7 Å². The number of nitrogens with zero attached hydrogens (tertiary/aromatic N) is 1. The summed E-state index contributed by atoms with van der Waals surface area (Å²) in [6, 6.07) is 12.9. The van der Waals surface area contributed by atoms with E-state index in [-0.39, 0.29) is 16.5 Å². The molecule has 2 rings (SSSR count). The SMILES string of the molecule is N#Cc1ccc(CNS(=O)(=O)c2cc(N)ccc2Cl)cc1. The third-order valence-electron chi connectivity index (χ3n) is 2.79. The average molecular weight is 322 g/mol. The van der Waals surface area contributed by atoms with Crippen LogP contribution in [-0.4, -0.2) is 8.42 Å². The number of hydrogen-bond acceptors (Lipinski definition) is 4. The van der Waals surface area contributed by atoms with Gasteiger partial charge in [-0.05, 0) is 35.9 Å². The van der Waals surface area contributed by atoms with Crippen molar-refractivity contribution in [1.82, 2.24) is 4.72 Å². The molecule has 0 unspecified atom stereocenters. The molecule has 2 aromatic carbocycles. The lowest BCUT2D eigenvalue weighted by molar-refractivity contribution is 0.581. The number of nitrogen functional groups attached to an aromatic ring is 1. The lowest BCUT2D eigenvalue weighted by Gasteiger charge is -2.09. The summed E-state index contributed by atoms with van der Waals surface area (Å²) in [6.45, 7) is 0.0964. The monoisotopic (exact) mass is 321 g/mol. The first kappa shape index (κ1) is 15.3. The predicted molar refractivity (Wildman–Crippen MR) is 81.0 cm³/mol. The summed E-state index contributed by atoms with van der Waals surface area (Å²) in [5.74, 6) is 0. The molecule has 0 aliphatic carbocycles. The number of anilines is 1. The van der Waals surface area contributed by atoms with Gasteiger partial charge in [-0.2, -0.15) is 5.26 Å². The number of nitrogens with one attached hydrogen (secondary N) is 1. The van der Waals surface area contributed by atoms with Crippen LogP contribution in [0.2, 0.25) is 5.02 Å². The van der Waals surface area contributed by atoms with Gasteiger partial charge in [0, 0.05) is 12.2 Å². The maximum absolute atomic E-state index is 12.2. The van der Waals surface area contributed by atoms with E-state index in [2.05, 4.69) is 4.72 Å². The Bertz CT molecular complexity index is 796. The molecule has 0 amide bonds. The maximum Gasteiger partial charge on any atom is 0.242 e. The van der Waals surface area contributed by atoms with Crippen LogP contribution < -0.4 is 10.5 Å². The van der Waals surface area contributed by atoms with Crippen molar-refractivity contribution in [3.8, 4) is 6.07 Å². The first-order valence-corrected chi connectivity index (χ1v) is 7.82. The van der Waals surface area contributed by atoms with Gasteiger partial charge in [-0.15, -0.1) is 0 Å². The van der Waals surface area contributed by atoms with E-state index in [1.165, 1.54) is 18.2 Å². The van der Waals surface area contributed by atoms with Gasteiger partial charge >= 0.3 is 0 Å². The molecule has 0 aliphatic rings. The van der Waals surface area contributed by atoms with Gasteiger partial charge in [0.15, 0.2) is 0 Å². The molecule has 108 valence electrons. The summed E-state index contributed by atoms with van der Waals surface area (Å²) in [7, 11) is -3.75. The Hall–Kier alpha value is -2.07. The fraction of sp³-hybridized carbons (Fsp3) is 0.0714. The topological polar surface area (TPSA) is 96.0 Å². The van der Waals surface area contributed by atoms with Crippen LogP contribution in [0.5, 0.6) is 0 Å². The molecule has 0 aliphatic heterocycles. The quantitative estimate of drug-likeness (QED) is 0.844. The van der Waals surface area contributed by atoms with E-state index < -0.39 is 10.0 Å².